The van der Waals surface area contributed by atoms with E-state index in [2.05, 4.69) is 25.9 Å². The molecule has 1 aromatic carbocycles. The number of hydrogen-bond acceptors (Lipinski definition) is 6. The third-order valence-corrected chi connectivity index (χ3v) is 5.11. The molecule has 8 heteroatoms. The molecule has 2 aliphatic rings. The van der Waals surface area contributed by atoms with Crippen molar-refractivity contribution in [3.05, 3.63) is 35.8 Å². The number of amides is 1. The molecule has 0 spiro atoms. The lowest BCUT2D eigenvalue weighted by atomic mass is 9.92. The van der Waals surface area contributed by atoms with Gasteiger partial charge in [-0.25, -0.2) is 9.37 Å². The summed E-state index contributed by atoms with van der Waals surface area (Å²) >= 11 is 0. The van der Waals surface area contributed by atoms with Gasteiger partial charge in [0.1, 0.15) is 0 Å². The number of benzene rings is 1. The second-order valence-corrected chi connectivity index (χ2v) is 7.19. The standard InChI is InChI=1S/C19H23FN6O/c20-15-10-22-19(26-18(15)23-13-4-2-12(21)3-5-13)24-14-6-7-16-11(9-14)1-8-17(27)25-16/h6-7,9-10,12-13H,1-5,8,21H2,(H,25,27)(H2,22,23,24,26). The molecule has 1 aliphatic carbocycles. The molecule has 1 aliphatic heterocycles. The minimum absolute atomic E-state index is 0.0319. The highest BCUT2D eigenvalue weighted by Gasteiger charge is 2.20. The molecule has 0 bridgehead atoms. The molecule has 0 unspecified atom stereocenters. The Labute approximate surface area is 157 Å². The smallest absolute Gasteiger partial charge is 0.229 e. The third-order valence-electron chi connectivity index (χ3n) is 5.11. The van der Waals surface area contributed by atoms with E-state index in [1.807, 2.05) is 18.2 Å². The van der Waals surface area contributed by atoms with Gasteiger partial charge in [0.25, 0.3) is 0 Å². The van der Waals surface area contributed by atoms with Crippen molar-refractivity contribution in [3.8, 4) is 0 Å². The number of hydrogen-bond donors (Lipinski definition) is 4. The lowest BCUT2D eigenvalue weighted by molar-refractivity contribution is -0.116. The number of rotatable bonds is 4. The van der Waals surface area contributed by atoms with Gasteiger partial charge >= 0.3 is 0 Å². The number of aromatic nitrogens is 2. The Morgan fingerprint density at radius 1 is 1.19 bits per heavy atom. The Kier molecular flexibility index (Phi) is 4.89. The maximum absolute atomic E-state index is 14.1. The van der Waals surface area contributed by atoms with E-state index in [4.69, 9.17) is 5.73 Å². The van der Waals surface area contributed by atoms with Crippen LogP contribution in [0, 0.1) is 5.82 Å². The Hall–Kier alpha value is -2.74. The summed E-state index contributed by atoms with van der Waals surface area (Å²) in [7, 11) is 0. The average molecular weight is 370 g/mol. The van der Waals surface area contributed by atoms with Gasteiger partial charge in [0.15, 0.2) is 11.6 Å². The summed E-state index contributed by atoms with van der Waals surface area (Å²) in [5, 5.41) is 9.15. The van der Waals surface area contributed by atoms with Crippen molar-refractivity contribution in [2.24, 2.45) is 5.73 Å². The molecular formula is C19H23FN6O. The second kappa shape index (κ2) is 7.48. The molecule has 2 heterocycles. The SMILES string of the molecule is NC1CCC(Nc2nc(Nc3ccc4c(c3)CCC(=O)N4)ncc2F)CC1. The Balaban J connectivity index is 1.47. The van der Waals surface area contributed by atoms with Crippen LogP contribution in [-0.4, -0.2) is 28.0 Å². The Morgan fingerprint density at radius 2 is 2.00 bits per heavy atom. The van der Waals surface area contributed by atoms with Crippen molar-refractivity contribution in [2.45, 2.75) is 50.6 Å². The first-order valence-corrected chi connectivity index (χ1v) is 9.31. The second-order valence-electron chi connectivity index (χ2n) is 7.19. The zero-order valence-corrected chi connectivity index (χ0v) is 15.0. The van der Waals surface area contributed by atoms with Crippen LogP contribution in [-0.2, 0) is 11.2 Å². The van der Waals surface area contributed by atoms with Gasteiger partial charge in [-0.05, 0) is 55.9 Å². The minimum Gasteiger partial charge on any atom is -0.365 e. The first kappa shape index (κ1) is 17.7. The van der Waals surface area contributed by atoms with Crippen molar-refractivity contribution >= 4 is 29.0 Å². The number of fused-ring (bicyclic) bond motifs is 1. The fourth-order valence-corrected chi connectivity index (χ4v) is 3.58. The third kappa shape index (κ3) is 4.16. The van der Waals surface area contributed by atoms with Gasteiger partial charge < -0.3 is 21.7 Å². The van der Waals surface area contributed by atoms with Crippen molar-refractivity contribution in [1.29, 1.82) is 0 Å². The quantitative estimate of drug-likeness (QED) is 0.660. The minimum atomic E-state index is -0.469. The van der Waals surface area contributed by atoms with E-state index in [0.717, 1.165) is 42.6 Å². The van der Waals surface area contributed by atoms with Gasteiger partial charge in [0.05, 0.1) is 6.20 Å². The Bertz CT molecular complexity index is 850. The van der Waals surface area contributed by atoms with E-state index < -0.39 is 5.82 Å². The molecule has 0 atom stereocenters. The molecular weight excluding hydrogens is 347 g/mol. The molecule has 4 rings (SSSR count). The van der Waals surface area contributed by atoms with Crippen molar-refractivity contribution in [1.82, 2.24) is 9.97 Å². The van der Waals surface area contributed by atoms with E-state index in [1.165, 1.54) is 6.20 Å². The number of nitrogens with zero attached hydrogens (tertiary/aromatic N) is 2. The van der Waals surface area contributed by atoms with Gasteiger partial charge in [-0.15, -0.1) is 0 Å². The first-order chi connectivity index (χ1) is 13.1. The number of nitrogens with one attached hydrogen (secondary N) is 3. The molecule has 1 amide bonds. The number of carbonyl (C=O) groups excluding carboxylic acids is 1. The van der Waals surface area contributed by atoms with E-state index in [-0.39, 0.29) is 23.8 Å². The number of carbonyl (C=O) groups is 1. The highest BCUT2D eigenvalue weighted by Crippen LogP contribution is 2.27. The number of halogens is 1. The molecule has 142 valence electrons. The van der Waals surface area contributed by atoms with Gasteiger partial charge in [-0.1, -0.05) is 0 Å². The van der Waals surface area contributed by atoms with Gasteiger partial charge in [0, 0.05) is 29.9 Å². The first-order valence-electron chi connectivity index (χ1n) is 9.31. The summed E-state index contributed by atoms with van der Waals surface area (Å²) in [6, 6.07) is 6.06. The molecule has 2 aromatic rings. The summed E-state index contributed by atoms with van der Waals surface area (Å²) in [5.41, 5.74) is 8.61. The van der Waals surface area contributed by atoms with Crippen LogP contribution in [0.3, 0.4) is 0 Å². The summed E-state index contributed by atoms with van der Waals surface area (Å²) in [6.45, 7) is 0. The van der Waals surface area contributed by atoms with Crippen LogP contribution in [0.2, 0.25) is 0 Å². The summed E-state index contributed by atoms with van der Waals surface area (Å²) in [4.78, 5) is 19.8. The zero-order valence-electron chi connectivity index (χ0n) is 15.0. The summed E-state index contributed by atoms with van der Waals surface area (Å²) in [6.07, 6.45) is 6.02. The van der Waals surface area contributed by atoms with Gasteiger partial charge in [-0.3, -0.25) is 4.79 Å². The Morgan fingerprint density at radius 3 is 2.81 bits per heavy atom. The van der Waals surface area contributed by atoms with Crippen molar-refractivity contribution in [2.75, 3.05) is 16.0 Å². The van der Waals surface area contributed by atoms with Crippen molar-refractivity contribution in [3.63, 3.8) is 0 Å². The molecule has 1 saturated carbocycles. The molecule has 1 aromatic heterocycles. The van der Waals surface area contributed by atoms with Crippen LogP contribution in [0.15, 0.2) is 24.4 Å². The highest BCUT2D eigenvalue weighted by molar-refractivity contribution is 5.94. The van der Waals surface area contributed by atoms with Gasteiger partial charge in [-0.2, -0.15) is 4.98 Å². The van der Waals surface area contributed by atoms with Crippen molar-refractivity contribution < 1.29 is 9.18 Å². The number of aryl methyl sites for hydroxylation is 1. The zero-order chi connectivity index (χ0) is 18.8. The van der Waals surface area contributed by atoms with E-state index in [1.54, 1.807) is 0 Å². The summed E-state index contributed by atoms with van der Waals surface area (Å²) < 4.78 is 14.1. The lowest BCUT2D eigenvalue weighted by Gasteiger charge is -2.27. The normalized spacial score (nSPS) is 21.9. The predicted molar refractivity (Wildman–Crippen MR) is 103 cm³/mol. The highest BCUT2D eigenvalue weighted by atomic mass is 19.1. The molecule has 1 fully saturated rings. The fourth-order valence-electron chi connectivity index (χ4n) is 3.58. The molecule has 27 heavy (non-hydrogen) atoms. The molecule has 5 N–H and O–H groups in total. The molecule has 0 saturated heterocycles. The predicted octanol–water partition coefficient (Wildman–Crippen LogP) is 2.93. The van der Waals surface area contributed by atoms with Crippen LogP contribution >= 0.6 is 0 Å². The summed E-state index contributed by atoms with van der Waals surface area (Å²) in [5.74, 6) is 0.0949. The van der Waals surface area contributed by atoms with Gasteiger partial charge in [0.2, 0.25) is 11.9 Å². The van der Waals surface area contributed by atoms with E-state index in [0.29, 0.717) is 18.8 Å². The van der Waals surface area contributed by atoms with Crippen LogP contribution in [0.25, 0.3) is 0 Å². The maximum atomic E-state index is 14.1. The average Bonchev–Trinajstić information content (AvgIpc) is 2.66. The largest absolute Gasteiger partial charge is 0.365 e. The molecule has 0 radical (unpaired) electrons. The van der Waals surface area contributed by atoms with E-state index in [9.17, 15) is 9.18 Å². The lowest BCUT2D eigenvalue weighted by Crippen LogP contribution is -2.33. The monoisotopic (exact) mass is 370 g/mol. The maximum Gasteiger partial charge on any atom is 0.229 e. The molecule has 7 nitrogen and oxygen atoms in total. The van der Waals surface area contributed by atoms with E-state index >= 15 is 0 Å². The fraction of sp³-hybridized carbons (Fsp3) is 0.421. The number of anilines is 4. The topological polar surface area (TPSA) is 105 Å². The van der Waals surface area contributed by atoms with Crippen LogP contribution < -0.4 is 21.7 Å². The van der Waals surface area contributed by atoms with Crippen LogP contribution in [0.1, 0.15) is 37.7 Å². The van der Waals surface area contributed by atoms with Crippen LogP contribution in [0.5, 0.6) is 0 Å². The van der Waals surface area contributed by atoms with Crippen LogP contribution in [0.4, 0.5) is 27.5 Å². The number of nitrogens with two attached hydrogens (primary N) is 1.